The number of nitrogens with zero attached hydrogens (tertiary/aromatic N) is 1. The molecule has 20 heavy (non-hydrogen) atoms. The van der Waals surface area contributed by atoms with E-state index in [4.69, 9.17) is 4.74 Å². The minimum absolute atomic E-state index is 0.122. The van der Waals surface area contributed by atoms with Crippen molar-refractivity contribution in [1.29, 1.82) is 0 Å². The van der Waals surface area contributed by atoms with Gasteiger partial charge in [-0.2, -0.15) is 0 Å². The van der Waals surface area contributed by atoms with Crippen molar-refractivity contribution < 1.29 is 9.13 Å². The molecule has 1 aromatic heterocycles. The van der Waals surface area contributed by atoms with E-state index in [1.54, 1.807) is 6.07 Å². The fraction of sp³-hybridized carbons (Fsp3) is 0.312. The van der Waals surface area contributed by atoms with Crippen molar-refractivity contribution in [3.63, 3.8) is 0 Å². The molecule has 0 spiro atoms. The molecule has 0 fully saturated rings. The molecule has 1 N–H and O–H groups in total. The number of hydrogen-bond acceptors (Lipinski definition) is 3. The van der Waals surface area contributed by atoms with E-state index in [2.05, 4.69) is 17.2 Å². The zero-order chi connectivity index (χ0) is 14.4. The van der Waals surface area contributed by atoms with Gasteiger partial charge >= 0.3 is 0 Å². The van der Waals surface area contributed by atoms with Crippen LogP contribution in [0.15, 0.2) is 42.6 Å². The van der Waals surface area contributed by atoms with Crippen molar-refractivity contribution >= 4 is 0 Å². The Labute approximate surface area is 118 Å². The molecule has 1 unspecified atom stereocenters. The summed E-state index contributed by atoms with van der Waals surface area (Å²) < 4.78 is 18.8. The molecule has 1 atom stereocenters. The van der Waals surface area contributed by atoms with E-state index in [1.807, 2.05) is 31.3 Å². The maximum absolute atomic E-state index is 13.0. The molecule has 0 aliphatic carbocycles. The molecule has 0 radical (unpaired) electrons. The predicted molar refractivity (Wildman–Crippen MR) is 77.3 cm³/mol. The van der Waals surface area contributed by atoms with E-state index in [9.17, 15) is 4.39 Å². The minimum atomic E-state index is -0.334. The Balaban J connectivity index is 2.33. The predicted octanol–water partition coefficient (Wildman–Crippen LogP) is 3.32. The number of nitrogens with one attached hydrogen (secondary N) is 1. The van der Waals surface area contributed by atoms with Crippen LogP contribution in [0.5, 0.6) is 5.75 Å². The molecule has 3 nitrogen and oxygen atoms in total. The number of pyridine rings is 1. The van der Waals surface area contributed by atoms with Crippen molar-refractivity contribution in [3.8, 4) is 5.75 Å². The summed E-state index contributed by atoms with van der Waals surface area (Å²) in [6, 6.07) is 10.8. The third kappa shape index (κ3) is 3.33. The van der Waals surface area contributed by atoms with Gasteiger partial charge in [-0.05, 0) is 31.7 Å². The van der Waals surface area contributed by atoms with Crippen LogP contribution in [0.2, 0.25) is 0 Å². The Hall–Kier alpha value is -1.94. The van der Waals surface area contributed by atoms with Gasteiger partial charge < -0.3 is 10.1 Å². The molecule has 0 saturated carbocycles. The fourth-order valence-corrected chi connectivity index (χ4v) is 2.08. The Morgan fingerprint density at radius 1 is 1.25 bits per heavy atom. The van der Waals surface area contributed by atoms with Crippen molar-refractivity contribution in [2.75, 3.05) is 13.7 Å². The number of aromatic nitrogens is 1. The molecule has 0 bridgehead atoms. The third-order valence-corrected chi connectivity index (χ3v) is 3.03. The third-order valence-electron chi connectivity index (χ3n) is 3.03. The minimum Gasteiger partial charge on any atom is -0.493 e. The first-order valence-electron chi connectivity index (χ1n) is 6.76. The fourth-order valence-electron chi connectivity index (χ4n) is 2.08. The molecular weight excluding hydrogens is 255 g/mol. The number of hydrogen-bond donors (Lipinski definition) is 1. The van der Waals surface area contributed by atoms with E-state index in [0.29, 0.717) is 6.61 Å². The van der Waals surface area contributed by atoms with E-state index in [0.717, 1.165) is 23.4 Å². The number of halogens is 1. The van der Waals surface area contributed by atoms with Gasteiger partial charge in [0.15, 0.2) is 0 Å². The largest absolute Gasteiger partial charge is 0.493 e. The lowest BCUT2D eigenvalue weighted by molar-refractivity contribution is 0.312. The topological polar surface area (TPSA) is 34.1 Å². The molecule has 1 aromatic carbocycles. The Kier molecular flexibility index (Phi) is 5.07. The van der Waals surface area contributed by atoms with Gasteiger partial charge in [0.25, 0.3) is 0 Å². The van der Waals surface area contributed by atoms with Gasteiger partial charge in [0, 0.05) is 5.56 Å². The highest BCUT2D eigenvalue weighted by Crippen LogP contribution is 2.29. The summed E-state index contributed by atoms with van der Waals surface area (Å²) in [5.74, 6) is 0.499. The maximum atomic E-state index is 13.0. The summed E-state index contributed by atoms with van der Waals surface area (Å²) in [5.41, 5.74) is 1.77. The van der Waals surface area contributed by atoms with Crippen LogP contribution >= 0.6 is 0 Å². The molecular formula is C16H19FN2O. The molecule has 0 aliphatic heterocycles. The average Bonchev–Trinajstić information content (AvgIpc) is 2.49. The van der Waals surface area contributed by atoms with E-state index in [-0.39, 0.29) is 11.9 Å². The van der Waals surface area contributed by atoms with E-state index in [1.165, 1.54) is 12.3 Å². The zero-order valence-electron chi connectivity index (χ0n) is 11.8. The van der Waals surface area contributed by atoms with Gasteiger partial charge in [-0.1, -0.05) is 25.1 Å². The smallest absolute Gasteiger partial charge is 0.141 e. The second-order valence-corrected chi connectivity index (χ2v) is 4.51. The highest BCUT2D eigenvalue weighted by atomic mass is 19.1. The second kappa shape index (κ2) is 7.01. The molecule has 106 valence electrons. The van der Waals surface area contributed by atoms with Crippen LogP contribution in [0, 0.1) is 5.82 Å². The number of ether oxygens (including phenoxy) is 1. The van der Waals surface area contributed by atoms with Gasteiger partial charge in [0.1, 0.15) is 11.6 Å². The Morgan fingerprint density at radius 3 is 2.70 bits per heavy atom. The maximum Gasteiger partial charge on any atom is 0.141 e. The van der Waals surface area contributed by atoms with Crippen LogP contribution in [0.25, 0.3) is 0 Å². The number of rotatable bonds is 6. The lowest BCUT2D eigenvalue weighted by atomic mass is 10.0. The summed E-state index contributed by atoms with van der Waals surface area (Å²) >= 11 is 0. The van der Waals surface area contributed by atoms with Crippen LogP contribution in [-0.4, -0.2) is 18.6 Å². The summed E-state index contributed by atoms with van der Waals surface area (Å²) in [7, 11) is 1.85. The summed E-state index contributed by atoms with van der Waals surface area (Å²) in [5, 5.41) is 3.21. The second-order valence-electron chi connectivity index (χ2n) is 4.51. The summed E-state index contributed by atoms with van der Waals surface area (Å²) in [4.78, 5) is 4.15. The van der Waals surface area contributed by atoms with E-state index >= 15 is 0 Å². The quantitative estimate of drug-likeness (QED) is 0.877. The first kappa shape index (κ1) is 14.5. The molecule has 2 aromatic rings. The van der Waals surface area contributed by atoms with E-state index < -0.39 is 0 Å². The van der Waals surface area contributed by atoms with Crippen LogP contribution in [0.4, 0.5) is 4.39 Å². The van der Waals surface area contributed by atoms with Gasteiger partial charge in [-0.3, -0.25) is 4.98 Å². The molecule has 1 heterocycles. The Morgan fingerprint density at radius 2 is 2.05 bits per heavy atom. The molecule has 0 amide bonds. The highest BCUT2D eigenvalue weighted by Gasteiger charge is 2.17. The van der Waals surface area contributed by atoms with Gasteiger partial charge in [0.05, 0.1) is 24.5 Å². The normalized spacial score (nSPS) is 12.2. The Bertz CT molecular complexity index is 542. The molecule has 4 heteroatoms. The molecule has 0 aliphatic rings. The summed E-state index contributed by atoms with van der Waals surface area (Å²) in [6.07, 6.45) is 2.18. The SMILES string of the molecule is CCCOc1ccccc1C(NC)c1ccc(F)cn1. The number of benzene rings is 1. The van der Waals surface area contributed by atoms with Crippen LogP contribution in [-0.2, 0) is 0 Å². The highest BCUT2D eigenvalue weighted by molar-refractivity contribution is 5.39. The summed E-state index contributed by atoms with van der Waals surface area (Å²) in [6.45, 7) is 2.74. The van der Waals surface area contributed by atoms with Crippen molar-refractivity contribution in [2.24, 2.45) is 0 Å². The first-order chi connectivity index (χ1) is 9.76. The van der Waals surface area contributed by atoms with Crippen molar-refractivity contribution in [2.45, 2.75) is 19.4 Å². The molecule has 2 rings (SSSR count). The zero-order valence-corrected chi connectivity index (χ0v) is 11.8. The lowest BCUT2D eigenvalue weighted by Crippen LogP contribution is -2.20. The van der Waals surface area contributed by atoms with Crippen molar-refractivity contribution in [3.05, 3.63) is 59.7 Å². The van der Waals surface area contributed by atoms with Crippen LogP contribution in [0.1, 0.15) is 30.6 Å². The average molecular weight is 274 g/mol. The van der Waals surface area contributed by atoms with Crippen LogP contribution in [0.3, 0.4) is 0 Å². The van der Waals surface area contributed by atoms with Crippen molar-refractivity contribution in [1.82, 2.24) is 10.3 Å². The first-order valence-corrected chi connectivity index (χ1v) is 6.76. The number of para-hydroxylation sites is 1. The standard InChI is InChI=1S/C16H19FN2O/c1-3-10-20-15-7-5-4-6-13(15)16(18-2)14-9-8-12(17)11-19-14/h4-9,11,16,18H,3,10H2,1-2H3. The lowest BCUT2D eigenvalue weighted by Gasteiger charge is -2.19. The van der Waals surface area contributed by atoms with Gasteiger partial charge in [0.2, 0.25) is 0 Å². The monoisotopic (exact) mass is 274 g/mol. The molecule has 0 saturated heterocycles. The van der Waals surface area contributed by atoms with Crippen LogP contribution < -0.4 is 10.1 Å². The van der Waals surface area contributed by atoms with Gasteiger partial charge in [-0.25, -0.2) is 4.39 Å². The van der Waals surface area contributed by atoms with Gasteiger partial charge in [-0.15, -0.1) is 0 Å².